The van der Waals surface area contributed by atoms with E-state index in [1.807, 2.05) is 62.9 Å². The quantitative estimate of drug-likeness (QED) is 0.762. The number of hydrogen-bond acceptors (Lipinski definition) is 3. The lowest BCUT2D eigenvalue weighted by atomic mass is 9.92. The molecule has 0 saturated carbocycles. The van der Waals surface area contributed by atoms with Crippen LogP contribution in [0.3, 0.4) is 0 Å². The number of nitrogens with one attached hydrogen (secondary N) is 1. The molecule has 27 heavy (non-hydrogen) atoms. The third-order valence-corrected chi connectivity index (χ3v) is 4.74. The van der Waals surface area contributed by atoms with Crippen molar-refractivity contribution in [1.82, 2.24) is 4.90 Å². The molecule has 0 fully saturated rings. The number of carbonyl (C=O) groups is 2. The maximum atomic E-state index is 12.3. The summed E-state index contributed by atoms with van der Waals surface area (Å²) in [6, 6.07) is 6.04. The van der Waals surface area contributed by atoms with Gasteiger partial charge in [-0.05, 0) is 42.0 Å². The molecule has 1 atom stereocenters. The molecular weight excluding hydrogens is 338 g/mol. The normalized spacial score (nSPS) is 12.7. The van der Waals surface area contributed by atoms with Gasteiger partial charge >= 0.3 is 0 Å². The van der Waals surface area contributed by atoms with Crippen LogP contribution in [0.15, 0.2) is 18.2 Å². The van der Waals surface area contributed by atoms with Gasteiger partial charge in [0.1, 0.15) is 0 Å². The smallest absolute Gasteiger partial charge is 0.224 e. The molecule has 0 aliphatic heterocycles. The average Bonchev–Trinajstić information content (AvgIpc) is 2.49. The van der Waals surface area contributed by atoms with Crippen molar-refractivity contribution in [2.75, 3.05) is 24.3 Å². The van der Waals surface area contributed by atoms with E-state index in [1.54, 1.807) is 6.92 Å². The predicted molar refractivity (Wildman–Crippen MR) is 114 cm³/mol. The molecule has 0 aromatic heterocycles. The summed E-state index contributed by atoms with van der Waals surface area (Å²) >= 11 is 0. The Kier molecular flexibility index (Phi) is 7.88. The molecule has 0 heterocycles. The molecule has 0 spiro atoms. The third-order valence-electron chi connectivity index (χ3n) is 4.74. The number of amides is 2. The second-order valence-electron chi connectivity index (χ2n) is 9.16. The maximum Gasteiger partial charge on any atom is 0.224 e. The number of hydrogen-bond donors (Lipinski definition) is 1. The molecule has 0 unspecified atom stereocenters. The predicted octanol–water partition coefficient (Wildman–Crippen LogP) is 4.52. The molecule has 0 aliphatic carbocycles. The van der Waals surface area contributed by atoms with Crippen molar-refractivity contribution in [3.63, 3.8) is 0 Å². The summed E-state index contributed by atoms with van der Waals surface area (Å²) in [6.45, 7) is 14.6. The first kappa shape index (κ1) is 23.0. The van der Waals surface area contributed by atoms with Crippen LogP contribution in [0.2, 0.25) is 0 Å². The first-order chi connectivity index (χ1) is 12.3. The number of anilines is 2. The number of nitrogens with zero attached hydrogens (tertiary/aromatic N) is 2. The van der Waals surface area contributed by atoms with E-state index in [0.29, 0.717) is 18.9 Å². The molecule has 1 rings (SSSR count). The van der Waals surface area contributed by atoms with Crippen LogP contribution in [-0.4, -0.2) is 36.9 Å². The molecule has 0 bridgehead atoms. The van der Waals surface area contributed by atoms with E-state index in [2.05, 4.69) is 26.1 Å². The van der Waals surface area contributed by atoms with Crippen LogP contribution in [0.1, 0.15) is 60.5 Å². The molecular formula is C22H37N3O2. The highest BCUT2D eigenvalue weighted by Gasteiger charge is 2.22. The summed E-state index contributed by atoms with van der Waals surface area (Å²) in [5, 5.41) is 3.00. The summed E-state index contributed by atoms with van der Waals surface area (Å²) in [7, 11) is 3.97. The van der Waals surface area contributed by atoms with Gasteiger partial charge in [-0.3, -0.25) is 9.59 Å². The number of benzene rings is 1. The van der Waals surface area contributed by atoms with Gasteiger partial charge < -0.3 is 15.1 Å². The lowest BCUT2D eigenvalue weighted by molar-refractivity contribution is -0.132. The Morgan fingerprint density at radius 1 is 1.11 bits per heavy atom. The van der Waals surface area contributed by atoms with E-state index in [0.717, 1.165) is 16.9 Å². The van der Waals surface area contributed by atoms with Gasteiger partial charge in [0, 0.05) is 51.4 Å². The molecule has 5 heteroatoms. The average molecular weight is 376 g/mol. The number of rotatable bonds is 7. The van der Waals surface area contributed by atoms with Crippen LogP contribution < -0.4 is 10.2 Å². The van der Waals surface area contributed by atoms with E-state index in [1.165, 1.54) is 0 Å². The van der Waals surface area contributed by atoms with Gasteiger partial charge in [0.2, 0.25) is 11.8 Å². The Morgan fingerprint density at radius 2 is 1.70 bits per heavy atom. The molecule has 5 nitrogen and oxygen atoms in total. The zero-order valence-corrected chi connectivity index (χ0v) is 18.5. The minimum atomic E-state index is -0.0609. The second kappa shape index (κ2) is 9.25. The monoisotopic (exact) mass is 375 g/mol. The molecule has 1 aromatic rings. The molecule has 1 N–H and O–H groups in total. The van der Waals surface area contributed by atoms with Crippen molar-refractivity contribution in [2.45, 2.75) is 67.5 Å². The van der Waals surface area contributed by atoms with Crippen LogP contribution in [0.4, 0.5) is 11.4 Å². The topological polar surface area (TPSA) is 52.7 Å². The first-order valence-corrected chi connectivity index (χ1v) is 9.69. The van der Waals surface area contributed by atoms with E-state index in [9.17, 15) is 9.59 Å². The molecule has 152 valence electrons. The Labute approximate surface area is 165 Å². The van der Waals surface area contributed by atoms with Crippen LogP contribution in [-0.2, 0) is 16.1 Å². The Bertz CT molecular complexity index is 660. The SMILES string of the molecule is CC(=O)N(Cc1cc(NC(=O)CC(C)(C)C)ccc1N(C)C)[C@H](C)C(C)C. The summed E-state index contributed by atoms with van der Waals surface area (Å²) in [6.07, 6.45) is 0.460. The third kappa shape index (κ3) is 7.24. The summed E-state index contributed by atoms with van der Waals surface area (Å²) in [5.41, 5.74) is 2.78. The molecule has 0 saturated heterocycles. The highest BCUT2D eigenvalue weighted by Crippen LogP contribution is 2.27. The minimum Gasteiger partial charge on any atom is -0.377 e. The van der Waals surface area contributed by atoms with Crippen molar-refractivity contribution in [3.05, 3.63) is 23.8 Å². The van der Waals surface area contributed by atoms with E-state index in [-0.39, 0.29) is 23.3 Å². The number of carbonyl (C=O) groups excluding carboxylic acids is 2. The molecule has 0 aliphatic rings. The Hall–Kier alpha value is -2.04. The zero-order valence-electron chi connectivity index (χ0n) is 18.5. The van der Waals surface area contributed by atoms with Gasteiger partial charge in [-0.1, -0.05) is 34.6 Å². The van der Waals surface area contributed by atoms with Crippen molar-refractivity contribution in [1.29, 1.82) is 0 Å². The zero-order chi connectivity index (χ0) is 20.9. The van der Waals surface area contributed by atoms with Gasteiger partial charge in [0.25, 0.3) is 0 Å². The van der Waals surface area contributed by atoms with Crippen molar-refractivity contribution in [3.8, 4) is 0 Å². The van der Waals surface area contributed by atoms with Crippen LogP contribution in [0, 0.1) is 11.3 Å². The standard InChI is InChI=1S/C22H37N3O2/c1-15(2)16(3)25(17(4)26)14-18-12-19(10-11-20(18)24(8)9)23-21(27)13-22(5,6)7/h10-12,15-16H,13-14H2,1-9H3,(H,23,27)/t16-/m1/s1. The highest BCUT2D eigenvalue weighted by atomic mass is 16.2. The van der Waals surface area contributed by atoms with Gasteiger partial charge in [-0.2, -0.15) is 0 Å². The maximum absolute atomic E-state index is 12.3. The largest absolute Gasteiger partial charge is 0.377 e. The van der Waals surface area contributed by atoms with Crippen molar-refractivity contribution >= 4 is 23.2 Å². The highest BCUT2D eigenvalue weighted by molar-refractivity contribution is 5.91. The summed E-state index contributed by atoms with van der Waals surface area (Å²) in [5.74, 6) is 0.430. The molecule has 0 radical (unpaired) electrons. The summed E-state index contributed by atoms with van der Waals surface area (Å²) < 4.78 is 0. The lowest BCUT2D eigenvalue weighted by Crippen LogP contribution is -2.39. The van der Waals surface area contributed by atoms with E-state index < -0.39 is 0 Å². The van der Waals surface area contributed by atoms with Crippen molar-refractivity contribution in [2.24, 2.45) is 11.3 Å². The molecule has 2 amide bonds. The van der Waals surface area contributed by atoms with E-state index in [4.69, 9.17) is 0 Å². The van der Waals surface area contributed by atoms with Gasteiger partial charge in [-0.25, -0.2) is 0 Å². The Balaban J connectivity index is 3.15. The molecule has 1 aromatic carbocycles. The fourth-order valence-corrected chi connectivity index (χ4v) is 3.00. The fourth-order valence-electron chi connectivity index (χ4n) is 3.00. The van der Waals surface area contributed by atoms with Crippen molar-refractivity contribution < 1.29 is 9.59 Å². The van der Waals surface area contributed by atoms with Crippen LogP contribution >= 0.6 is 0 Å². The van der Waals surface area contributed by atoms with Crippen LogP contribution in [0.5, 0.6) is 0 Å². The first-order valence-electron chi connectivity index (χ1n) is 9.69. The Morgan fingerprint density at radius 3 is 2.15 bits per heavy atom. The van der Waals surface area contributed by atoms with E-state index >= 15 is 0 Å². The van der Waals surface area contributed by atoms with Gasteiger partial charge in [0.15, 0.2) is 0 Å². The van der Waals surface area contributed by atoms with Crippen LogP contribution in [0.25, 0.3) is 0 Å². The van der Waals surface area contributed by atoms with Gasteiger partial charge in [-0.15, -0.1) is 0 Å². The van der Waals surface area contributed by atoms with Gasteiger partial charge in [0.05, 0.1) is 0 Å². The second-order valence-corrected chi connectivity index (χ2v) is 9.16. The summed E-state index contributed by atoms with van der Waals surface area (Å²) in [4.78, 5) is 28.5. The minimum absolute atomic E-state index is 0.00465. The lowest BCUT2D eigenvalue weighted by Gasteiger charge is -2.32. The fraction of sp³-hybridized carbons (Fsp3) is 0.636.